The van der Waals surface area contributed by atoms with Gasteiger partial charge in [-0.15, -0.1) is 0 Å². The first-order valence-electron chi connectivity index (χ1n) is 12.7. The second kappa shape index (κ2) is 12.0. The highest BCUT2D eigenvalue weighted by molar-refractivity contribution is 6.40. The monoisotopic (exact) mass is 478 g/mol. The molecule has 3 N–H and O–H groups in total. The van der Waals surface area contributed by atoms with Gasteiger partial charge in [0, 0.05) is 0 Å². The highest BCUT2D eigenvalue weighted by Gasteiger charge is 2.50. The fourth-order valence-electron chi connectivity index (χ4n) is 5.64. The van der Waals surface area contributed by atoms with Crippen LogP contribution < -0.4 is 10.6 Å². The van der Waals surface area contributed by atoms with E-state index in [4.69, 9.17) is 0 Å². The van der Waals surface area contributed by atoms with E-state index in [2.05, 4.69) is 22.8 Å². The molecule has 0 aliphatic heterocycles. The van der Waals surface area contributed by atoms with E-state index in [1.165, 1.54) is 5.56 Å². The number of benzene rings is 2. The first-order valence-corrected chi connectivity index (χ1v) is 12.7. The van der Waals surface area contributed by atoms with Crippen LogP contribution in [0.3, 0.4) is 0 Å². The van der Waals surface area contributed by atoms with Gasteiger partial charge in [-0.1, -0.05) is 93.3 Å². The lowest BCUT2D eigenvalue weighted by Gasteiger charge is -2.41. The fourth-order valence-corrected chi connectivity index (χ4v) is 5.64. The molecule has 35 heavy (non-hydrogen) atoms. The second-order valence-electron chi connectivity index (χ2n) is 10.1. The number of rotatable bonds is 12. The smallest absolute Gasteiger partial charge is 0.405 e. The number of amides is 2. The van der Waals surface area contributed by atoms with E-state index in [0.717, 1.165) is 44.1 Å². The minimum atomic E-state index is -1.46. The normalized spacial score (nSPS) is 17.2. The van der Waals surface area contributed by atoms with Crippen molar-refractivity contribution in [1.29, 1.82) is 0 Å². The predicted octanol–water partition coefficient (Wildman–Crippen LogP) is 5.82. The molecule has 2 atom stereocenters. The van der Waals surface area contributed by atoms with Gasteiger partial charge in [0.15, 0.2) is 0 Å². The number of nitrogens with one attached hydrogen (secondary N) is 2. The van der Waals surface area contributed by atoms with Crippen LogP contribution in [0.1, 0.15) is 82.4 Å². The molecule has 0 saturated heterocycles. The Labute approximate surface area is 208 Å². The molecule has 2 amide bonds. The molecule has 0 bridgehead atoms. The Bertz CT molecular complexity index is 986. The minimum Gasteiger partial charge on any atom is -0.465 e. The Morgan fingerprint density at radius 3 is 2.17 bits per heavy atom. The molecule has 1 unspecified atom stereocenters. The van der Waals surface area contributed by atoms with Gasteiger partial charge in [0.05, 0.1) is 6.04 Å². The molecule has 1 fully saturated rings. The number of carboxylic acid groups (broad SMARTS) is 1. The number of hydrogen-bond donors (Lipinski definition) is 3. The van der Waals surface area contributed by atoms with Crippen molar-refractivity contribution in [2.75, 3.05) is 0 Å². The molecule has 1 aliphatic rings. The number of ketones is 1. The molecule has 6 nitrogen and oxygen atoms in total. The van der Waals surface area contributed by atoms with Crippen LogP contribution in [0.5, 0.6) is 0 Å². The van der Waals surface area contributed by atoms with Crippen molar-refractivity contribution in [3.8, 4) is 0 Å². The predicted molar refractivity (Wildman–Crippen MR) is 137 cm³/mol. The van der Waals surface area contributed by atoms with Crippen LogP contribution in [0.25, 0.3) is 0 Å². The summed E-state index contributed by atoms with van der Waals surface area (Å²) in [5.41, 5.74) is 0.360. The van der Waals surface area contributed by atoms with Crippen LogP contribution in [-0.2, 0) is 16.0 Å². The van der Waals surface area contributed by atoms with Crippen LogP contribution in [0.4, 0.5) is 4.79 Å². The maximum absolute atomic E-state index is 13.8. The number of Topliss-reactive ketones (excluding diaryl/α,β-unsaturated/α-hetero) is 1. The summed E-state index contributed by atoms with van der Waals surface area (Å²) in [5.74, 6) is -1.42. The van der Waals surface area contributed by atoms with Crippen molar-refractivity contribution in [2.24, 2.45) is 5.41 Å². The van der Waals surface area contributed by atoms with Gasteiger partial charge in [0.25, 0.3) is 5.91 Å². The van der Waals surface area contributed by atoms with Gasteiger partial charge in [0.1, 0.15) is 5.54 Å². The first-order chi connectivity index (χ1) is 16.8. The zero-order valence-electron chi connectivity index (χ0n) is 20.9. The highest BCUT2D eigenvalue weighted by Crippen LogP contribution is 2.48. The average molecular weight is 479 g/mol. The molecule has 2 aromatic carbocycles. The second-order valence-corrected chi connectivity index (χ2v) is 10.1. The van der Waals surface area contributed by atoms with E-state index in [-0.39, 0.29) is 11.5 Å². The van der Waals surface area contributed by atoms with Crippen molar-refractivity contribution in [1.82, 2.24) is 10.6 Å². The Morgan fingerprint density at radius 2 is 1.60 bits per heavy atom. The summed E-state index contributed by atoms with van der Waals surface area (Å²) >= 11 is 0. The summed E-state index contributed by atoms with van der Waals surface area (Å²) in [5, 5.41) is 15.2. The molecule has 0 aromatic heterocycles. The van der Waals surface area contributed by atoms with Gasteiger partial charge in [-0.05, 0) is 55.6 Å². The molecule has 0 spiro atoms. The van der Waals surface area contributed by atoms with Crippen molar-refractivity contribution in [2.45, 2.75) is 83.2 Å². The summed E-state index contributed by atoms with van der Waals surface area (Å²) in [6.07, 6.45) is 5.46. The maximum Gasteiger partial charge on any atom is 0.405 e. The number of unbranched alkanes of at least 4 members (excludes halogenated alkanes) is 1. The van der Waals surface area contributed by atoms with Gasteiger partial charge < -0.3 is 15.7 Å². The highest BCUT2D eigenvalue weighted by atomic mass is 16.4. The molecule has 0 heterocycles. The van der Waals surface area contributed by atoms with Crippen LogP contribution >= 0.6 is 0 Å². The summed E-state index contributed by atoms with van der Waals surface area (Å²) in [6.45, 7) is 3.83. The number of carbonyl (C=O) groups excluding carboxylic acids is 2. The van der Waals surface area contributed by atoms with Crippen LogP contribution in [0.2, 0.25) is 0 Å². The molecule has 1 saturated carbocycles. The van der Waals surface area contributed by atoms with Gasteiger partial charge >= 0.3 is 6.09 Å². The summed E-state index contributed by atoms with van der Waals surface area (Å²) in [7, 11) is 0. The molecule has 0 radical (unpaired) electrons. The lowest BCUT2D eigenvalue weighted by atomic mass is 9.67. The van der Waals surface area contributed by atoms with Crippen LogP contribution in [0.15, 0.2) is 60.7 Å². The molecule has 2 aromatic rings. The zero-order valence-corrected chi connectivity index (χ0v) is 20.9. The van der Waals surface area contributed by atoms with Crippen LogP contribution in [-0.4, -0.2) is 28.4 Å². The Hall–Kier alpha value is -3.15. The molecular formula is C29H38N2O4. The van der Waals surface area contributed by atoms with Crippen LogP contribution in [0, 0.1) is 5.41 Å². The molecule has 1 aliphatic carbocycles. The summed E-state index contributed by atoms with van der Waals surface area (Å²) in [4.78, 5) is 39.1. The van der Waals surface area contributed by atoms with E-state index in [0.29, 0.717) is 19.3 Å². The van der Waals surface area contributed by atoms with E-state index in [1.807, 2.05) is 62.4 Å². The first kappa shape index (κ1) is 26.5. The average Bonchev–Trinajstić information content (AvgIpc) is 3.30. The quantitative estimate of drug-likeness (QED) is 0.335. The van der Waals surface area contributed by atoms with Crippen molar-refractivity contribution >= 4 is 17.8 Å². The van der Waals surface area contributed by atoms with Crippen molar-refractivity contribution < 1.29 is 19.5 Å². The van der Waals surface area contributed by atoms with Gasteiger partial charge in [-0.3, -0.25) is 9.59 Å². The third-order valence-electron chi connectivity index (χ3n) is 7.35. The lowest BCUT2D eigenvalue weighted by molar-refractivity contribution is -0.143. The standard InChI is InChI=1S/C29H38N2O4/c1-3-4-19-29(31-27(34)35,25(32)26(33)30-22(2)24-15-9-6-10-16-24)21-28(17-11-12-18-28)20-23-13-7-5-8-14-23/h5-10,13-16,22,31H,3-4,11-12,17-21H2,1-2H3,(H,30,33)(H,34,35)/t22-,29?/m1/s1. The number of hydrogen-bond acceptors (Lipinski definition) is 3. The van der Waals surface area contributed by atoms with Gasteiger partial charge in [-0.25, -0.2) is 4.79 Å². The maximum atomic E-state index is 13.8. The topological polar surface area (TPSA) is 95.5 Å². The van der Waals surface area contributed by atoms with Gasteiger partial charge in [-0.2, -0.15) is 0 Å². The SMILES string of the molecule is CCCCC(CC1(Cc2ccccc2)CCCC1)(NC(=O)O)C(=O)C(=O)N[C@H](C)c1ccccc1. The summed E-state index contributed by atoms with van der Waals surface area (Å²) < 4.78 is 0. The largest absolute Gasteiger partial charge is 0.465 e. The van der Waals surface area contributed by atoms with E-state index in [1.54, 1.807) is 0 Å². The molecule has 3 rings (SSSR count). The summed E-state index contributed by atoms with van der Waals surface area (Å²) in [6, 6.07) is 19.2. The fraction of sp³-hybridized carbons (Fsp3) is 0.483. The zero-order chi connectivity index (χ0) is 25.3. The number of carbonyl (C=O) groups is 3. The third-order valence-corrected chi connectivity index (χ3v) is 7.35. The van der Waals surface area contributed by atoms with E-state index < -0.39 is 23.3 Å². The molecule has 6 heteroatoms. The van der Waals surface area contributed by atoms with Crippen molar-refractivity contribution in [3.05, 3.63) is 71.8 Å². The minimum absolute atomic E-state index is 0.238. The Balaban J connectivity index is 1.92. The van der Waals surface area contributed by atoms with Crippen molar-refractivity contribution in [3.63, 3.8) is 0 Å². The van der Waals surface area contributed by atoms with E-state index in [9.17, 15) is 19.5 Å². The lowest BCUT2D eigenvalue weighted by Crippen LogP contribution is -2.60. The van der Waals surface area contributed by atoms with Gasteiger partial charge in [0.2, 0.25) is 5.78 Å². The molecule has 188 valence electrons. The third kappa shape index (κ3) is 6.93. The Morgan fingerprint density at radius 1 is 1.00 bits per heavy atom. The Kier molecular flexibility index (Phi) is 9.07. The molecular weight excluding hydrogens is 440 g/mol. The van der Waals surface area contributed by atoms with E-state index >= 15 is 0 Å².